The van der Waals surface area contributed by atoms with Crippen LogP contribution >= 0.6 is 0 Å². The normalized spacial score (nSPS) is 23.1. The lowest BCUT2D eigenvalue weighted by Crippen LogP contribution is -2.52. The van der Waals surface area contributed by atoms with E-state index < -0.39 is 6.04 Å². The van der Waals surface area contributed by atoms with Crippen LogP contribution in [0.2, 0.25) is 0 Å². The average Bonchev–Trinajstić information content (AvgIpc) is 3.47. The van der Waals surface area contributed by atoms with Gasteiger partial charge in [-0.15, -0.1) is 0 Å². The van der Waals surface area contributed by atoms with Gasteiger partial charge in [0.05, 0.1) is 6.26 Å². The number of nitrogens with one attached hydrogen (secondary N) is 1. The van der Waals surface area contributed by atoms with E-state index in [1.165, 1.54) is 6.26 Å². The number of hydrogen-bond acceptors (Lipinski definition) is 4. The predicted molar refractivity (Wildman–Crippen MR) is 114 cm³/mol. The van der Waals surface area contributed by atoms with E-state index in [0.29, 0.717) is 5.92 Å². The molecule has 0 radical (unpaired) electrons. The Morgan fingerprint density at radius 1 is 1.07 bits per heavy atom. The average molecular weight is 410 g/mol. The molecule has 0 unspecified atom stereocenters. The van der Waals surface area contributed by atoms with Gasteiger partial charge < -0.3 is 14.6 Å². The van der Waals surface area contributed by atoms with Crippen LogP contribution in [0.3, 0.4) is 0 Å². The number of carbonyl (C=O) groups excluding carboxylic acids is 2. The third kappa shape index (κ3) is 4.42. The van der Waals surface area contributed by atoms with Crippen molar-refractivity contribution in [3.05, 3.63) is 54.2 Å². The maximum Gasteiger partial charge on any atom is 0.290 e. The molecule has 2 aromatic heterocycles. The molecule has 2 aliphatic rings. The summed E-state index contributed by atoms with van der Waals surface area (Å²) < 4.78 is 5.47. The van der Waals surface area contributed by atoms with Gasteiger partial charge in [0, 0.05) is 24.5 Å². The Hall–Kier alpha value is -2.63. The standard InChI is InChI=1S/C24H31N3O3/c1-17-7-2-5-10-20(17)27(24(29)21-11-6-16-30-21)22(18-12-14-25-15-13-18)23(28)26-19-8-3-4-9-19/h6,11-17,19-20,22H,2-5,7-10H2,1H3,(H,26,28)/t17-,20+,22-/m0/s1. The van der Waals surface area contributed by atoms with Gasteiger partial charge in [-0.3, -0.25) is 14.6 Å². The highest BCUT2D eigenvalue weighted by molar-refractivity contribution is 5.96. The third-order valence-corrected chi connectivity index (χ3v) is 6.64. The van der Waals surface area contributed by atoms with Crippen molar-refractivity contribution in [1.29, 1.82) is 0 Å². The molecule has 6 heteroatoms. The van der Waals surface area contributed by atoms with Crippen LogP contribution in [0.5, 0.6) is 0 Å². The van der Waals surface area contributed by atoms with Crippen molar-refractivity contribution >= 4 is 11.8 Å². The lowest BCUT2D eigenvalue weighted by Gasteiger charge is -2.42. The van der Waals surface area contributed by atoms with Gasteiger partial charge in [0.15, 0.2) is 5.76 Å². The number of aromatic nitrogens is 1. The largest absolute Gasteiger partial charge is 0.459 e. The Bertz CT molecular complexity index is 831. The summed E-state index contributed by atoms with van der Waals surface area (Å²) >= 11 is 0. The van der Waals surface area contributed by atoms with Crippen LogP contribution < -0.4 is 5.32 Å². The Balaban J connectivity index is 1.73. The van der Waals surface area contributed by atoms with Gasteiger partial charge >= 0.3 is 0 Å². The van der Waals surface area contributed by atoms with Gasteiger partial charge in [-0.2, -0.15) is 0 Å². The molecule has 0 aliphatic heterocycles. The molecule has 2 amide bonds. The Morgan fingerprint density at radius 3 is 2.43 bits per heavy atom. The summed E-state index contributed by atoms with van der Waals surface area (Å²) in [5.74, 6) is 0.273. The molecular weight excluding hydrogens is 378 g/mol. The fraction of sp³-hybridized carbons (Fsp3) is 0.542. The van der Waals surface area contributed by atoms with Gasteiger partial charge in [0.2, 0.25) is 5.91 Å². The molecular formula is C24H31N3O3. The van der Waals surface area contributed by atoms with E-state index in [4.69, 9.17) is 4.42 Å². The maximum absolute atomic E-state index is 13.6. The molecule has 160 valence electrons. The molecule has 0 aromatic carbocycles. The fourth-order valence-electron chi connectivity index (χ4n) is 5.03. The lowest BCUT2D eigenvalue weighted by molar-refractivity contribution is -0.128. The highest BCUT2D eigenvalue weighted by atomic mass is 16.3. The van der Waals surface area contributed by atoms with E-state index in [2.05, 4.69) is 17.2 Å². The molecule has 4 rings (SSSR count). The SMILES string of the molecule is C[C@H]1CCCC[C@H]1N(C(=O)c1ccco1)[C@H](C(=O)NC1CCCC1)c1ccncc1. The molecule has 2 fully saturated rings. The highest BCUT2D eigenvalue weighted by Gasteiger charge is 2.41. The second-order valence-electron chi connectivity index (χ2n) is 8.69. The summed E-state index contributed by atoms with van der Waals surface area (Å²) in [5.41, 5.74) is 0.790. The second-order valence-corrected chi connectivity index (χ2v) is 8.69. The monoisotopic (exact) mass is 409 g/mol. The number of amides is 2. The van der Waals surface area contributed by atoms with E-state index >= 15 is 0 Å². The highest BCUT2D eigenvalue weighted by Crippen LogP contribution is 2.35. The second kappa shape index (κ2) is 9.45. The van der Waals surface area contributed by atoms with Crippen molar-refractivity contribution in [2.45, 2.75) is 76.4 Å². The number of pyridine rings is 1. The van der Waals surface area contributed by atoms with Crippen molar-refractivity contribution < 1.29 is 14.0 Å². The van der Waals surface area contributed by atoms with Crippen molar-refractivity contribution in [2.75, 3.05) is 0 Å². The molecule has 2 aliphatic carbocycles. The molecule has 0 bridgehead atoms. The smallest absolute Gasteiger partial charge is 0.290 e. The number of rotatable bonds is 6. The number of hydrogen-bond donors (Lipinski definition) is 1. The summed E-state index contributed by atoms with van der Waals surface area (Å²) in [7, 11) is 0. The van der Waals surface area contributed by atoms with E-state index in [0.717, 1.165) is 56.9 Å². The van der Waals surface area contributed by atoms with Crippen LogP contribution in [0.25, 0.3) is 0 Å². The number of furan rings is 1. The molecule has 2 saturated carbocycles. The summed E-state index contributed by atoms with van der Waals surface area (Å²) in [6, 6.07) is 6.56. The lowest BCUT2D eigenvalue weighted by atomic mass is 9.83. The van der Waals surface area contributed by atoms with Crippen LogP contribution in [-0.4, -0.2) is 33.8 Å². The minimum absolute atomic E-state index is 0.0103. The van der Waals surface area contributed by atoms with E-state index in [-0.39, 0.29) is 29.7 Å². The van der Waals surface area contributed by atoms with Gasteiger partial charge in [-0.25, -0.2) is 0 Å². The molecule has 0 spiro atoms. The van der Waals surface area contributed by atoms with Crippen molar-refractivity contribution in [3.63, 3.8) is 0 Å². The van der Waals surface area contributed by atoms with Gasteiger partial charge in [-0.1, -0.05) is 32.6 Å². The molecule has 6 nitrogen and oxygen atoms in total. The zero-order valence-corrected chi connectivity index (χ0v) is 17.6. The first-order chi connectivity index (χ1) is 14.6. The quantitative estimate of drug-likeness (QED) is 0.762. The Labute approximate surface area is 178 Å². The first kappa shape index (κ1) is 20.6. The van der Waals surface area contributed by atoms with Crippen molar-refractivity contribution in [2.24, 2.45) is 5.92 Å². The van der Waals surface area contributed by atoms with Gasteiger partial charge in [0.1, 0.15) is 6.04 Å². The maximum atomic E-state index is 13.6. The van der Waals surface area contributed by atoms with Crippen LogP contribution in [0.4, 0.5) is 0 Å². The summed E-state index contributed by atoms with van der Waals surface area (Å²) in [6.07, 6.45) is 13.3. The Kier molecular flexibility index (Phi) is 6.50. The first-order valence-electron chi connectivity index (χ1n) is 11.2. The molecule has 30 heavy (non-hydrogen) atoms. The number of carbonyl (C=O) groups is 2. The molecule has 1 N–H and O–H groups in total. The van der Waals surface area contributed by atoms with E-state index in [9.17, 15) is 9.59 Å². The van der Waals surface area contributed by atoms with Gasteiger partial charge in [0.25, 0.3) is 5.91 Å². The van der Waals surface area contributed by atoms with Crippen LogP contribution in [0.15, 0.2) is 47.3 Å². The Morgan fingerprint density at radius 2 is 1.77 bits per heavy atom. The van der Waals surface area contributed by atoms with Crippen molar-refractivity contribution in [1.82, 2.24) is 15.2 Å². The zero-order chi connectivity index (χ0) is 20.9. The van der Waals surface area contributed by atoms with Crippen LogP contribution in [-0.2, 0) is 4.79 Å². The molecule has 3 atom stereocenters. The van der Waals surface area contributed by atoms with Crippen molar-refractivity contribution in [3.8, 4) is 0 Å². The van der Waals surface area contributed by atoms with Crippen LogP contribution in [0.1, 0.15) is 80.5 Å². The molecule has 2 heterocycles. The fourth-order valence-corrected chi connectivity index (χ4v) is 5.03. The topological polar surface area (TPSA) is 75.4 Å². The first-order valence-corrected chi connectivity index (χ1v) is 11.2. The van der Waals surface area contributed by atoms with Gasteiger partial charge in [-0.05, 0) is 61.4 Å². The minimum Gasteiger partial charge on any atom is -0.459 e. The number of nitrogens with zero attached hydrogens (tertiary/aromatic N) is 2. The zero-order valence-electron chi connectivity index (χ0n) is 17.6. The third-order valence-electron chi connectivity index (χ3n) is 6.64. The van der Waals surface area contributed by atoms with Crippen LogP contribution in [0, 0.1) is 5.92 Å². The minimum atomic E-state index is -0.697. The molecule has 2 aromatic rings. The summed E-state index contributed by atoms with van der Waals surface area (Å²) in [6.45, 7) is 2.19. The predicted octanol–water partition coefficient (Wildman–Crippen LogP) is 4.50. The van der Waals surface area contributed by atoms with E-state index in [1.807, 2.05) is 12.1 Å². The summed E-state index contributed by atoms with van der Waals surface area (Å²) in [5, 5.41) is 3.23. The summed E-state index contributed by atoms with van der Waals surface area (Å²) in [4.78, 5) is 33.2. The molecule has 0 saturated heterocycles. The van der Waals surface area contributed by atoms with E-state index in [1.54, 1.807) is 29.4 Å².